The highest BCUT2D eigenvalue weighted by molar-refractivity contribution is 5.97. The Balaban J connectivity index is 0.00000225. The predicted molar refractivity (Wildman–Crippen MR) is 102 cm³/mol. The van der Waals surface area contributed by atoms with Gasteiger partial charge in [0.05, 0.1) is 6.54 Å². The Morgan fingerprint density at radius 3 is 2.76 bits per heavy atom. The van der Waals surface area contributed by atoms with Crippen LogP contribution in [0, 0.1) is 5.92 Å². The first kappa shape index (κ1) is 19.7. The van der Waals surface area contributed by atoms with Crippen LogP contribution < -0.4 is 15.5 Å². The number of halogens is 1. The summed E-state index contributed by atoms with van der Waals surface area (Å²) in [7, 11) is 0. The first-order valence-electron chi connectivity index (χ1n) is 9.10. The number of hydrogen-bond donors (Lipinski definition) is 2. The van der Waals surface area contributed by atoms with Crippen LogP contribution in [0.3, 0.4) is 0 Å². The topological polar surface area (TPSA) is 61.4 Å². The molecule has 138 valence electrons. The molecule has 2 N–H and O–H groups in total. The number of hydrogen-bond acceptors (Lipinski definition) is 3. The largest absolute Gasteiger partial charge is 0.347 e. The summed E-state index contributed by atoms with van der Waals surface area (Å²) < 4.78 is 0. The Morgan fingerprint density at radius 2 is 1.96 bits per heavy atom. The fraction of sp³-hybridized carbons (Fsp3) is 0.579. The van der Waals surface area contributed by atoms with E-state index in [0.29, 0.717) is 12.3 Å². The van der Waals surface area contributed by atoms with E-state index in [9.17, 15) is 9.59 Å². The Bertz CT molecular complexity index is 588. The third-order valence-electron chi connectivity index (χ3n) is 5.09. The molecule has 5 nitrogen and oxygen atoms in total. The molecular weight excluding hydrogens is 338 g/mol. The SMILES string of the molecule is Cl.O=C(CCC1CCNCC1)NCC(=O)N1CCCc2ccccc21. The van der Waals surface area contributed by atoms with Crippen molar-refractivity contribution in [3.05, 3.63) is 29.8 Å². The first-order chi connectivity index (χ1) is 11.7. The number of amides is 2. The quantitative estimate of drug-likeness (QED) is 0.841. The minimum absolute atomic E-state index is 0. The zero-order valence-corrected chi connectivity index (χ0v) is 15.4. The monoisotopic (exact) mass is 365 g/mol. The van der Waals surface area contributed by atoms with Gasteiger partial charge in [0.15, 0.2) is 0 Å². The third kappa shape index (κ3) is 5.44. The second-order valence-corrected chi connectivity index (χ2v) is 6.79. The molecule has 0 saturated carbocycles. The average molecular weight is 366 g/mol. The van der Waals surface area contributed by atoms with Gasteiger partial charge in [0.1, 0.15) is 0 Å². The van der Waals surface area contributed by atoms with Gasteiger partial charge in [0.2, 0.25) is 11.8 Å². The number of benzene rings is 1. The van der Waals surface area contributed by atoms with E-state index in [0.717, 1.165) is 57.4 Å². The molecule has 2 amide bonds. The predicted octanol–water partition coefficient (Wildman–Crippen LogP) is 2.28. The molecule has 1 aromatic rings. The van der Waals surface area contributed by atoms with E-state index < -0.39 is 0 Å². The summed E-state index contributed by atoms with van der Waals surface area (Å²) in [6.45, 7) is 2.94. The smallest absolute Gasteiger partial charge is 0.246 e. The molecule has 0 spiro atoms. The molecule has 0 aliphatic carbocycles. The maximum atomic E-state index is 12.5. The number of para-hydroxylation sites is 1. The molecule has 6 heteroatoms. The van der Waals surface area contributed by atoms with Crippen LogP contribution in [0.1, 0.15) is 37.7 Å². The Kier molecular flexibility index (Phi) is 7.72. The van der Waals surface area contributed by atoms with Gasteiger partial charge in [-0.25, -0.2) is 0 Å². The van der Waals surface area contributed by atoms with E-state index in [-0.39, 0.29) is 30.8 Å². The van der Waals surface area contributed by atoms with E-state index in [1.165, 1.54) is 5.56 Å². The molecule has 2 heterocycles. The van der Waals surface area contributed by atoms with Crippen molar-refractivity contribution in [2.24, 2.45) is 5.92 Å². The summed E-state index contributed by atoms with van der Waals surface area (Å²) in [5.41, 5.74) is 2.21. The maximum Gasteiger partial charge on any atom is 0.246 e. The van der Waals surface area contributed by atoms with Crippen LogP contribution >= 0.6 is 12.4 Å². The average Bonchev–Trinajstić information content (AvgIpc) is 2.64. The van der Waals surface area contributed by atoms with Crippen LogP contribution in [0.15, 0.2) is 24.3 Å². The van der Waals surface area contributed by atoms with E-state index in [4.69, 9.17) is 0 Å². The number of rotatable bonds is 5. The highest BCUT2D eigenvalue weighted by atomic mass is 35.5. The summed E-state index contributed by atoms with van der Waals surface area (Å²) >= 11 is 0. The molecule has 2 aliphatic rings. The van der Waals surface area contributed by atoms with Gasteiger partial charge in [-0.1, -0.05) is 18.2 Å². The van der Waals surface area contributed by atoms with Gasteiger partial charge in [-0.3, -0.25) is 9.59 Å². The normalized spacial score (nSPS) is 17.4. The second kappa shape index (κ2) is 9.78. The molecular formula is C19H28ClN3O2. The number of aryl methyl sites for hydroxylation is 1. The lowest BCUT2D eigenvalue weighted by molar-refractivity contribution is -0.125. The van der Waals surface area contributed by atoms with Crippen LogP contribution in [0.25, 0.3) is 0 Å². The Morgan fingerprint density at radius 1 is 1.20 bits per heavy atom. The van der Waals surface area contributed by atoms with Gasteiger partial charge in [-0.15, -0.1) is 12.4 Å². The Labute approximate surface area is 155 Å². The third-order valence-corrected chi connectivity index (χ3v) is 5.09. The van der Waals surface area contributed by atoms with Crippen LogP contribution in [0.5, 0.6) is 0 Å². The van der Waals surface area contributed by atoms with Gasteiger partial charge in [0.25, 0.3) is 0 Å². The van der Waals surface area contributed by atoms with Gasteiger partial charge >= 0.3 is 0 Å². The molecule has 0 atom stereocenters. The number of fused-ring (bicyclic) bond motifs is 1. The van der Waals surface area contributed by atoms with Crippen molar-refractivity contribution >= 4 is 29.9 Å². The van der Waals surface area contributed by atoms with Crippen LogP contribution in [-0.2, 0) is 16.0 Å². The molecule has 2 aliphatic heterocycles. The summed E-state index contributed by atoms with van der Waals surface area (Å²) in [5.74, 6) is 0.617. The summed E-state index contributed by atoms with van der Waals surface area (Å²) in [4.78, 5) is 26.3. The van der Waals surface area contributed by atoms with Crippen LogP contribution in [0.2, 0.25) is 0 Å². The van der Waals surface area contributed by atoms with Crippen molar-refractivity contribution in [3.8, 4) is 0 Å². The van der Waals surface area contributed by atoms with Gasteiger partial charge < -0.3 is 15.5 Å². The summed E-state index contributed by atoms with van der Waals surface area (Å²) in [5, 5.41) is 6.14. The molecule has 0 aromatic heterocycles. The molecule has 0 radical (unpaired) electrons. The van der Waals surface area contributed by atoms with E-state index in [1.54, 1.807) is 0 Å². The second-order valence-electron chi connectivity index (χ2n) is 6.79. The number of carbonyl (C=O) groups excluding carboxylic acids is 2. The van der Waals surface area contributed by atoms with E-state index in [1.807, 2.05) is 23.1 Å². The number of anilines is 1. The van der Waals surface area contributed by atoms with Gasteiger partial charge in [-0.2, -0.15) is 0 Å². The van der Waals surface area contributed by atoms with E-state index in [2.05, 4.69) is 16.7 Å². The lowest BCUT2D eigenvalue weighted by atomic mass is 9.93. The Hall–Kier alpha value is -1.59. The summed E-state index contributed by atoms with van der Waals surface area (Å²) in [6, 6.07) is 8.04. The fourth-order valence-electron chi connectivity index (χ4n) is 3.66. The molecule has 1 aromatic carbocycles. The van der Waals surface area contributed by atoms with Gasteiger partial charge in [0, 0.05) is 18.7 Å². The molecule has 0 bridgehead atoms. The highest BCUT2D eigenvalue weighted by Gasteiger charge is 2.22. The maximum absolute atomic E-state index is 12.5. The number of nitrogens with zero attached hydrogens (tertiary/aromatic N) is 1. The van der Waals surface area contributed by atoms with Crippen LogP contribution in [-0.4, -0.2) is 38.0 Å². The zero-order valence-electron chi connectivity index (χ0n) is 14.6. The number of piperidine rings is 1. The molecule has 1 fully saturated rings. The van der Waals surface area contributed by atoms with Crippen molar-refractivity contribution in [2.75, 3.05) is 31.1 Å². The lowest BCUT2D eigenvalue weighted by Crippen LogP contribution is -2.42. The minimum atomic E-state index is -0.0163. The van der Waals surface area contributed by atoms with Crippen molar-refractivity contribution < 1.29 is 9.59 Å². The van der Waals surface area contributed by atoms with Crippen molar-refractivity contribution in [1.29, 1.82) is 0 Å². The molecule has 25 heavy (non-hydrogen) atoms. The minimum Gasteiger partial charge on any atom is -0.347 e. The van der Waals surface area contributed by atoms with E-state index >= 15 is 0 Å². The first-order valence-corrected chi connectivity index (χ1v) is 9.10. The molecule has 1 saturated heterocycles. The van der Waals surface area contributed by atoms with Crippen molar-refractivity contribution in [3.63, 3.8) is 0 Å². The number of nitrogens with one attached hydrogen (secondary N) is 2. The van der Waals surface area contributed by atoms with Crippen LogP contribution in [0.4, 0.5) is 5.69 Å². The zero-order chi connectivity index (χ0) is 16.8. The number of carbonyl (C=O) groups is 2. The summed E-state index contributed by atoms with van der Waals surface area (Å²) in [6.07, 6.45) is 5.74. The van der Waals surface area contributed by atoms with Gasteiger partial charge in [-0.05, 0) is 62.7 Å². The standard InChI is InChI=1S/C19H27N3O2.ClH/c23-18(8-7-15-9-11-20-12-10-15)21-14-19(24)22-13-3-5-16-4-1-2-6-17(16)22;/h1-2,4,6,15,20H,3,5,7-14H2,(H,21,23);1H. The lowest BCUT2D eigenvalue weighted by Gasteiger charge is -2.29. The molecule has 3 rings (SSSR count). The fourth-order valence-corrected chi connectivity index (χ4v) is 3.66. The van der Waals surface area contributed by atoms with Crippen molar-refractivity contribution in [1.82, 2.24) is 10.6 Å². The highest BCUT2D eigenvalue weighted by Crippen LogP contribution is 2.26. The van der Waals surface area contributed by atoms with Crippen molar-refractivity contribution in [2.45, 2.75) is 38.5 Å². The molecule has 0 unspecified atom stereocenters.